The molecule has 2 rings (SSSR count). The smallest absolute Gasteiger partial charge is 0.252 e. The van der Waals surface area contributed by atoms with Gasteiger partial charge in [-0.05, 0) is 6.07 Å². The quantitative estimate of drug-likeness (QED) is 0.578. The van der Waals surface area contributed by atoms with Crippen LogP contribution in [-0.2, 0) is 0 Å². The van der Waals surface area contributed by atoms with Gasteiger partial charge in [-0.15, -0.1) is 0 Å². The highest BCUT2D eigenvalue weighted by Crippen LogP contribution is 2.23. The van der Waals surface area contributed by atoms with E-state index in [1.807, 2.05) is 23.5 Å². The normalized spacial score (nSPS) is 18.9. The van der Waals surface area contributed by atoms with Crippen LogP contribution in [0.1, 0.15) is 10.4 Å². The number of nitrogen functional groups attached to an aromatic ring is 1. The summed E-state index contributed by atoms with van der Waals surface area (Å²) in [7, 11) is 0. The molecule has 1 amide bonds. The summed E-state index contributed by atoms with van der Waals surface area (Å²) in [6, 6.07) is 1.56. The Balaban J connectivity index is 1.90. The van der Waals surface area contributed by atoms with Gasteiger partial charge in [-0.1, -0.05) is 11.6 Å². The number of hydrogen-bond donors (Lipinski definition) is 3. The van der Waals surface area contributed by atoms with Gasteiger partial charge in [-0.2, -0.15) is 23.5 Å². The number of rotatable bonds is 4. The first kappa shape index (κ1) is 14.8. The lowest BCUT2D eigenvalue weighted by Gasteiger charge is -2.21. The average molecular weight is 319 g/mol. The minimum absolute atomic E-state index is 0.158. The summed E-state index contributed by atoms with van der Waals surface area (Å²) in [5.41, 5.74) is 2.81. The number of nitrogens with one attached hydrogen (secondary N) is 2. The molecule has 1 aliphatic heterocycles. The SMILES string of the molecule is NNc1ncc(C(=O)NCC2CSCCS2)cc1Cl. The van der Waals surface area contributed by atoms with Crippen LogP contribution in [0.25, 0.3) is 0 Å². The standard InChI is InChI=1S/C11H15ClN4OS2/c12-9-3-7(4-14-10(9)16-13)11(17)15-5-8-6-18-1-2-19-8/h3-4,8H,1-2,5-6,13H2,(H,14,16)(H,15,17). The maximum Gasteiger partial charge on any atom is 0.252 e. The zero-order valence-electron chi connectivity index (χ0n) is 10.2. The molecule has 0 radical (unpaired) electrons. The number of halogens is 1. The van der Waals surface area contributed by atoms with Crippen LogP contribution < -0.4 is 16.6 Å². The molecule has 1 fully saturated rings. The lowest BCUT2D eigenvalue weighted by Crippen LogP contribution is -2.33. The second-order valence-electron chi connectivity index (χ2n) is 3.98. The summed E-state index contributed by atoms with van der Waals surface area (Å²) in [4.78, 5) is 15.9. The molecule has 1 unspecified atom stereocenters. The second kappa shape index (κ2) is 7.23. The molecule has 19 heavy (non-hydrogen) atoms. The van der Waals surface area contributed by atoms with E-state index in [1.54, 1.807) is 6.07 Å². The van der Waals surface area contributed by atoms with Crippen LogP contribution in [0.3, 0.4) is 0 Å². The third-order valence-corrected chi connectivity index (χ3v) is 5.75. The van der Waals surface area contributed by atoms with Crippen LogP contribution in [0, 0.1) is 0 Å². The minimum Gasteiger partial charge on any atom is -0.351 e. The molecule has 1 saturated heterocycles. The van der Waals surface area contributed by atoms with Crippen LogP contribution in [0.15, 0.2) is 12.3 Å². The van der Waals surface area contributed by atoms with E-state index in [2.05, 4.69) is 15.7 Å². The fourth-order valence-corrected chi connectivity index (χ4v) is 4.46. The van der Waals surface area contributed by atoms with E-state index in [0.29, 0.717) is 28.2 Å². The molecule has 104 valence electrons. The molecule has 1 aromatic rings. The summed E-state index contributed by atoms with van der Waals surface area (Å²) >= 11 is 9.77. The summed E-state index contributed by atoms with van der Waals surface area (Å²) in [5, 5.41) is 3.72. The van der Waals surface area contributed by atoms with Crippen molar-refractivity contribution in [2.45, 2.75) is 5.25 Å². The molecular formula is C11H15ClN4OS2. The fraction of sp³-hybridized carbons (Fsp3) is 0.455. The van der Waals surface area contributed by atoms with E-state index < -0.39 is 0 Å². The number of amides is 1. The number of hydrazine groups is 1. The molecule has 1 aromatic heterocycles. The van der Waals surface area contributed by atoms with Gasteiger partial charge in [0.2, 0.25) is 0 Å². The Morgan fingerprint density at radius 2 is 2.42 bits per heavy atom. The number of nitrogens with two attached hydrogens (primary N) is 1. The highest BCUT2D eigenvalue weighted by molar-refractivity contribution is 8.06. The fourth-order valence-electron chi connectivity index (χ4n) is 1.63. The van der Waals surface area contributed by atoms with Gasteiger partial charge in [-0.25, -0.2) is 10.8 Å². The van der Waals surface area contributed by atoms with Crippen LogP contribution in [-0.4, -0.2) is 39.9 Å². The number of carbonyl (C=O) groups excluding carboxylic acids is 1. The summed E-state index contributed by atoms with van der Waals surface area (Å²) in [6.45, 7) is 0.672. The first-order chi connectivity index (χ1) is 9.20. The van der Waals surface area contributed by atoms with E-state index in [-0.39, 0.29) is 5.91 Å². The summed E-state index contributed by atoms with van der Waals surface area (Å²) in [6.07, 6.45) is 1.46. The molecule has 1 atom stereocenters. The number of anilines is 1. The third kappa shape index (κ3) is 4.17. The first-order valence-electron chi connectivity index (χ1n) is 5.80. The predicted molar refractivity (Wildman–Crippen MR) is 83.0 cm³/mol. The Kier molecular flexibility index (Phi) is 5.62. The Morgan fingerprint density at radius 3 is 3.05 bits per heavy atom. The lowest BCUT2D eigenvalue weighted by molar-refractivity contribution is 0.0954. The number of aromatic nitrogens is 1. The molecule has 5 nitrogen and oxygen atoms in total. The molecule has 0 aliphatic carbocycles. The molecule has 4 N–H and O–H groups in total. The van der Waals surface area contributed by atoms with Crippen molar-refractivity contribution in [3.8, 4) is 0 Å². The van der Waals surface area contributed by atoms with E-state index in [1.165, 1.54) is 11.9 Å². The van der Waals surface area contributed by atoms with Gasteiger partial charge in [0.25, 0.3) is 5.91 Å². The zero-order valence-corrected chi connectivity index (χ0v) is 12.6. The number of carbonyl (C=O) groups is 1. The Labute approximate surface area is 125 Å². The van der Waals surface area contributed by atoms with Crippen molar-refractivity contribution in [2.24, 2.45) is 5.84 Å². The van der Waals surface area contributed by atoms with Gasteiger partial charge in [0.1, 0.15) is 0 Å². The number of hydrogen-bond acceptors (Lipinski definition) is 6. The van der Waals surface area contributed by atoms with Crippen molar-refractivity contribution in [1.82, 2.24) is 10.3 Å². The van der Waals surface area contributed by atoms with Crippen molar-refractivity contribution in [1.29, 1.82) is 0 Å². The Bertz CT molecular complexity index is 454. The van der Waals surface area contributed by atoms with Gasteiger partial charge in [0.15, 0.2) is 5.82 Å². The van der Waals surface area contributed by atoms with Crippen LogP contribution >= 0.6 is 35.1 Å². The van der Waals surface area contributed by atoms with Gasteiger partial charge in [-0.3, -0.25) is 4.79 Å². The Morgan fingerprint density at radius 1 is 1.58 bits per heavy atom. The summed E-state index contributed by atoms with van der Waals surface area (Å²) < 4.78 is 0. The predicted octanol–water partition coefficient (Wildman–Crippen LogP) is 1.60. The molecule has 0 aromatic carbocycles. The van der Waals surface area contributed by atoms with Gasteiger partial charge >= 0.3 is 0 Å². The van der Waals surface area contributed by atoms with E-state index in [4.69, 9.17) is 17.4 Å². The second-order valence-corrected chi connectivity index (χ2v) is 6.94. The van der Waals surface area contributed by atoms with Crippen molar-refractivity contribution in [3.05, 3.63) is 22.8 Å². The maximum absolute atomic E-state index is 12.0. The highest BCUT2D eigenvalue weighted by atomic mass is 35.5. The molecule has 2 heterocycles. The van der Waals surface area contributed by atoms with Crippen molar-refractivity contribution < 1.29 is 4.79 Å². The van der Waals surface area contributed by atoms with Crippen LogP contribution in [0.2, 0.25) is 5.02 Å². The van der Waals surface area contributed by atoms with Crippen molar-refractivity contribution >= 4 is 46.8 Å². The molecule has 1 aliphatic rings. The average Bonchev–Trinajstić information content (AvgIpc) is 2.45. The van der Waals surface area contributed by atoms with E-state index in [9.17, 15) is 4.79 Å². The monoisotopic (exact) mass is 318 g/mol. The molecule has 0 saturated carbocycles. The maximum atomic E-state index is 12.0. The number of thioether (sulfide) groups is 2. The minimum atomic E-state index is -0.158. The van der Waals surface area contributed by atoms with Gasteiger partial charge in [0, 0.05) is 35.3 Å². The van der Waals surface area contributed by atoms with E-state index >= 15 is 0 Å². The third-order valence-electron chi connectivity index (χ3n) is 2.62. The summed E-state index contributed by atoms with van der Waals surface area (Å²) in [5.74, 6) is 8.86. The van der Waals surface area contributed by atoms with Gasteiger partial charge in [0.05, 0.1) is 10.6 Å². The van der Waals surface area contributed by atoms with Crippen LogP contribution in [0.5, 0.6) is 0 Å². The topological polar surface area (TPSA) is 80.0 Å². The number of nitrogens with zero attached hydrogens (tertiary/aromatic N) is 1. The Hall–Kier alpha value is -0.630. The molecule has 8 heteroatoms. The molecule has 0 spiro atoms. The van der Waals surface area contributed by atoms with Gasteiger partial charge < -0.3 is 10.7 Å². The molecular weight excluding hydrogens is 304 g/mol. The molecule has 0 bridgehead atoms. The van der Waals surface area contributed by atoms with Crippen molar-refractivity contribution in [2.75, 3.05) is 29.2 Å². The first-order valence-corrected chi connectivity index (χ1v) is 8.38. The lowest BCUT2D eigenvalue weighted by atomic mass is 10.2. The largest absolute Gasteiger partial charge is 0.351 e. The van der Waals surface area contributed by atoms with Crippen LogP contribution in [0.4, 0.5) is 5.82 Å². The van der Waals surface area contributed by atoms with Crippen molar-refractivity contribution in [3.63, 3.8) is 0 Å². The highest BCUT2D eigenvalue weighted by Gasteiger charge is 2.16. The number of pyridine rings is 1. The van der Waals surface area contributed by atoms with E-state index in [0.717, 1.165) is 11.5 Å². The zero-order chi connectivity index (χ0) is 13.7.